The Labute approximate surface area is 168 Å². The predicted molar refractivity (Wildman–Crippen MR) is 102 cm³/mol. The number of imide groups is 1. The summed E-state index contributed by atoms with van der Waals surface area (Å²) < 4.78 is 5.19. The number of esters is 1. The summed E-state index contributed by atoms with van der Waals surface area (Å²) in [5.74, 6) is -2.99. The minimum absolute atomic E-state index is 0.372. The van der Waals surface area contributed by atoms with Crippen molar-refractivity contribution >= 4 is 29.4 Å². The van der Waals surface area contributed by atoms with E-state index in [9.17, 15) is 19.2 Å². The molecule has 1 aliphatic heterocycles. The van der Waals surface area contributed by atoms with Crippen LogP contribution in [0.2, 0.25) is 0 Å². The van der Waals surface area contributed by atoms with Crippen LogP contribution in [0.3, 0.4) is 0 Å². The van der Waals surface area contributed by atoms with Gasteiger partial charge in [-0.15, -0.1) is 0 Å². The zero-order valence-electron chi connectivity index (χ0n) is 16.1. The molecule has 29 heavy (non-hydrogen) atoms. The van der Waals surface area contributed by atoms with Crippen molar-refractivity contribution in [3.63, 3.8) is 0 Å². The molecule has 1 aliphatic carbocycles. The van der Waals surface area contributed by atoms with E-state index < -0.39 is 35.9 Å². The molecule has 2 aliphatic rings. The van der Waals surface area contributed by atoms with Crippen molar-refractivity contribution in [3.8, 4) is 6.07 Å². The largest absolute Gasteiger partial charge is 0.451 e. The number of benzene rings is 1. The van der Waals surface area contributed by atoms with Crippen LogP contribution >= 0.6 is 0 Å². The Balaban J connectivity index is 1.60. The second-order valence-electron chi connectivity index (χ2n) is 7.14. The van der Waals surface area contributed by atoms with Gasteiger partial charge in [0.05, 0.1) is 23.5 Å². The van der Waals surface area contributed by atoms with E-state index in [2.05, 4.69) is 5.32 Å². The molecule has 0 unspecified atom stereocenters. The molecule has 1 N–H and O–H groups in total. The van der Waals surface area contributed by atoms with E-state index in [0.717, 1.165) is 4.90 Å². The van der Waals surface area contributed by atoms with Crippen molar-refractivity contribution in [1.29, 1.82) is 5.26 Å². The third-order valence-electron chi connectivity index (χ3n) is 5.21. The number of carbonyl (C=O) groups is 4. The van der Waals surface area contributed by atoms with Gasteiger partial charge in [0.25, 0.3) is 5.91 Å². The SMILES string of the molecule is C[C@H](OC(=O)[C@H](C)N1C(=O)[C@H]2CC=CC[C@H]2C1=O)C(=O)Nc1ccc(C#N)cc1. The lowest BCUT2D eigenvalue weighted by atomic mass is 9.85. The first kappa shape index (κ1) is 20.3. The van der Waals surface area contributed by atoms with Crippen LogP contribution in [0, 0.1) is 23.2 Å². The van der Waals surface area contributed by atoms with Crippen molar-refractivity contribution < 1.29 is 23.9 Å². The number of fused-ring (bicyclic) bond motifs is 1. The van der Waals surface area contributed by atoms with Gasteiger partial charge < -0.3 is 10.1 Å². The molecule has 3 rings (SSSR count). The number of hydrogen-bond acceptors (Lipinski definition) is 6. The summed E-state index contributed by atoms with van der Waals surface area (Å²) in [7, 11) is 0. The number of carbonyl (C=O) groups excluding carboxylic acids is 4. The van der Waals surface area contributed by atoms with E-state index in [-0.39, 0.29) is 11.8 Å². The lowest BCUT2D eigenvalue weighted by Gasteiger charge is -2.23. The molecular formula is C21H21N3O5. The van der Waals surface area contributed by atoms with Crippen LogP contribution in [-0.2, 0) is 23.9 Å². The summed E-state index contributed by atoms with van der Waals surface area (Å²) in [6, 6.07) is 7.09. The second-order valence-corrected chi connectivity index (χ2v) is 7.14. The van der Waals surface area contributed by atoms with Crippen LogP contribution in [0.15, 0.2) is 36.4 Å². The summed E-state index contributed by atoms with van der Waals surface area (Å²) in [4.78, 5) is 50.9. The molecule has 3 amide bonds. The zero-order valence-corrected chi connectivity index (χ0v) is 16.1. The smallest absolute Gasteiger partial charge is 0.329 e. The molecule has 1 heterocycles. The lowest BCUT2D eigenvalue weighted by Crippen LogP contribution is -2.46. The normalized spacial score (nSPS) is 22.4. The molecule has 150 valence electrons. The Hall–Kier alpha value is -3.47. The van der Waals surface area contributed by atoms with Crippen LogP contribution in [0.1, 0.15) is 32.3 Å². The Kier molecular flexibility index (Phi) is 5.78. The van der Waals surface area contributed by atoms with Crippen LogP contribution in [0.4, 0.5) is 5.69 Å². The van der Waals surface area contributed by atoms with Gasteiger partial charge in [0.2, 0.25) is 11.8 Å². The molecule has 0 saturated carbocycles. The minimum atomic E-state index is -1.13. The van der Waals surface area contributed by atoms with Gasteiger partial charge >= 0.3 is 5.97 Å². The fourth-order valence-corrected chi connectivity index (χ4v) is 3.51. The van der Waals surface area contributed by atoms with Crippen LogP contribution in [0.25, 0.3) is 0 Å². The average Bonchev–Trinajstić information content (AvgIpc) is 2.98. The Morgan fingerprint density at radius 3 is 2.17 bits per heavy atom. The number of anilines is 1. The van der Waals surface area contributed by atoms with Crippen LogP contribution in [0.5, 0.6) is 0 Å². The van der Waals surface area contributed by atoms with E-state index in [1.165, 1.54) is 13.8 Å². The quantitative estimate of drug-likeness (QED) is 0.461. The Morgan fingerprint density at radius 2 is 1.66 bits per heavy atom. The molecule has 0 bridgehead atoms. The number of allylic oxidation sites excluding steroid dienone is 2. The number of ether oxygens (including phenoxy) is 1. The number of likely N-dealkylation sites (tertiary alicyclic amines) is 1. The topological polar surface area (TPSA) is 117 Å². The average molecular weight is 395 g/mol. The molecule has 8 nitrogen and oxygen atoms in total. The van der Waals surface area contributed by atoms with Gasteiger partial charge in [-0.1, -0.05) is 12.2 Å². The highest BCUT2D eigenvalue weighted by atomic mass is 16.5. The highest BCUT2D eigenvalue weighted by molar-refractivity contribution is 6.08. The summed E-state index contributed by atoms with van der Waals surface area (Å²) in [5, 5.41) is 11.4. The molecule has 0 aromatic heterocycles. The predicted octanol–water partition coefficient (Wildman–Crippen LogP) is 1.77. The van der Waals surface area contributed by atoms with Crippen molar-refractivity contribution in [2.45, 2.75) is 38.8 Å². The first-order chi connectivity index (χ1) is 13.8. The molecule has 1 saturated heterocycles. The van der Waals surface area contributed by atoms with Crippen molar-refractivity contribution in [3.05, 3.63) is 42.0 Å². The maximum absolute atomic E-state index is 12.6. The van der Waals surface area contributed by atoms with Crippen LogP contribution < -0.4 is 5.32 Å². The molecule has 8 heteroatoms. The van der Waals surface area contributed by atoms with Crippen molar-refractivity contribution in [2.75, 3.05) is 5.32 Å². The fourth-order valence-electron chi connectivity index (χ4n) is 3.51. The number of nitrogens with zero attached hydrogens (tertiary/aromatic N) is 2. The van der Waals surface area contributed by atoms with E-state index in [1.807, 2.05) is 18.2 Å². The summed E-state index contributed by atoms with van der Waals surface area (Å²) >= 11 is 0. The van der Waals surface area contributed by atoms with Gasteiger partial charge in [0.15, 0.2) is 6.10 Å². The first-order valence-corrected chi connectivity index (χ1v) is 9.37. The van der Waals surface area contributed by atoms with E-state index in [4.69, 9.17) is 10.00 Å². The Bertz CT molecular complexity index is 889. The number of amides is 3. The van der Waals surface area contributed by atoms with E-state index in [1.54, 1.807) is 24.3 Å². The standard InChI is InChI=1S/C21H21N3O5/c1-12(24-19(26)16-5-3-4-6-17(16)20(24)27)21(28)29-13(2)18(25)23-15-9-7-14(11-22)8-10-15/h3-4,7-10,12-13,16-17H,5-6H2,1-2H3,(H,23,25)/t12-,13-,16-,17+/m0/s1. The van der Waals surface area contributed by atoms with Gasteiger partial charge in [-0.2, -0.15) is 5.26 Å². The van der Waals surface area contributed by atoms with Gasteiger partial charge in [0, 0.05) is 5.69 Å². The molecule has 1 aromatic rings. The van der Waals surface area contributed by atoms with Crippen molar-refractivity contribution in [2.24, 2.45) is 11.8 Å². The third kappa shape index (κ3) is 4.04. The molecule has 0 spiro atoms. The fraction of sp³-hybridized carbons (Fsp3) is 0.381. The van der Waals surface area contributed by atoms with Gasteiger partial charge in [-0.05, 0) is 51.0 Å². The number of nitrogens with one attached hydrogen (secondary N) is 1. The first-order valence-electron chi connectivity index (χ1n) is 9.37. The number of hydrogen-bond donors (Lipinski definition) is 1. The van der Waals surface area contributed by atoms with E-state index in [0.29, 0.717) is 24.1 Å². The lowest BCUT2D eigenvalue weighted by molar-refractivity contribution is -0.163. The molecule has 1 aromatic carbocycles. The molecule has 1 fully saturated rings. The number of nitriles is 1. The van der Waals surface area contributed by atoms with Gasteiger partial charge in [0.1, 0.15) is 6.04 Å². The van der Waals surface area contributed by atoms with E-state index >= 15 is 0 Å². The minimum Gasteiger partial charge on any atom is -0.451 e. The third-order valence-corrected chi connectivity index (χ3v) is 5.21. The summed E-state index contributed by atoms with van der Waals surface area (Å²) in [6.45, 7) is 2.83. The molecular weight excluding hydrogens is 374 g/mol. The van der Waals surface area contributed by atoms with Crippen molar-refractivity contribution in [1.82, 2.24) is 4.90 Å². The van der Waals surface area contributed by atoms with Crippen LogP contribution in [-0.4, -0.2) is 40.7 Å². The Morgan fingerprint density at radius 1 is 1.10 bits per heavy atom. The maximum Gasteiger partial charge on any atom is 0.329 e. The second kappa shape index (κ2) is 8.27. The maximum atomic E-state index is 12.6. The van der Waals surface area contributed by atoms with Gasteiger partial charge in [-0.25, -0.2) is 4.79 Å². The highest BCUT2D eigenvalue weighted by Gasteiger charge is 2.50. The molecule has 0 radical (unpaired) electrons. The molecule has 4 atom stereocenters. The monoisotopic (exact) mass is 395 g/mol. The highest BCUT2D eigenvalue weighted by Crippen LogP contribution is 2.36. The number of rotatable bonds is 5. The zero-order chi connectivity index (χ0) is 21.1. The van der Waals surface area contributed by atoms with Gasteiger partial charge in [-0.3, -0.25) is 19.3 Å². The summed E-state index contributed by atoms with van der Waals surface area (Å²) in [6.07, 6.45) is 3.58. The summed E-state index contributed by atoms with van der Waals surface area (Å²) in [5.41, 5.74) is 0.901.